The van der Waals surface area contributed by atoms with Crippen LogP contribution in [0.3, 0.4) is 0 Å². The zero-order valence-electron chi connectivity index (χ0n) is 17.0. The van der Waals surface area contributed by atoms with Crippen molar-refractivity contribution in [1.82, 2.24) is 19.4 Å². The van der Waals surface area contributed by atoms with Crippen molar-refractivity contribution in [3.63, 3.8) is 0 Å². The molecule has 6 heteroatoms. The van der Waals surface area contributed by atoms with Gasteiger partial charge in [-0.05, 0) is 63.1 Å². The van der Waals surface area contributed by atoms with E-state index >= 15 is 0 Å². The molecule has 0 N–H and O–H groups in total. The van der Waals surface area contributed by atoms with Crippen molar-refractivity contribution in [2.75, 3.05) is 0 Å². The Labute approximate surface area is 170 Å². The molecule has 0 amide bonds. The minimum absolute atomic E-state index is 0.0385. The molecular formula is C23H24N4O2. The third-order valence-corrected chi connectivity index (χ3v) is 4.33. The van der Waals surface area contributed by atoms with Gasteiger partial charge in [-0.2, -0.15) is 0 Å². The third kappa shape index (κ3) is 4.21. The Morgan fingerprint density at radius 2 is 1.34 bits per heavy atom. The fourth-order valence-corrected chi connectivity index (χ4v) is 3.08. The SMILES string of the molecule is CC(C)Oc1ccc(-c2ccc3ncc(-c4cnc(OC(C)C)nc4)n3c2)cc1. The first-order valence-corrected chi connectivity index (χ1v) is 9.73. The number of ether oxygens (including phenoxy) is 2. The molecule has 3 aromatic heterocycles. The van der Waals surface area contributed by atoms with Crippen molar-refractivity contribution in [1.29, 1.82) is 0 Å². The second-order valence-corrected chi connectivity index (χ2v) is 7.40. The molecule has 4 rings (SSSR count). The second kappa shape index (κ2) is 7.91. The van der Waals surface area contributed by atoms with Crippen molar-refractivity contribution in [3.05, 3.63) is 61.2 Å². The van der Waals surface area contributed by atoms with Gasteiger partial charge in [0.25, 0.3) is 0 Å². The predicted octanol–water partition coefficient (Wildman–Crippen LogP) is 5.03. The smallest absolute Gasteiger partial charge is 0.316 e. The summed E-state index contributed by atoms with van der Waals surface area (Å²) in [5.74, 6) is 0.869. The number of benzene rings is 1. The van der Waals surface area contributed by atoms with E-state index in [-0.39, 0.29) is 12.2 Å². The standard InChI is InChI=1S/C23H24N4O2/c1-15(2)28-20-8-5-17(6-9-20)18-7-10-22-24-13-21(27(22)14-18)19-11-25-23(26-12-19)29-16(3)4/h5-16H,1-4H3. The highest BCUT2D eigenvalue weighted by atomic mass is 16.5. The summed E-state index contributed by atoms with van der Waals surface area (Å²) >= 11 is 0. The minimum atomic E-state index is 0.0385. The molecule has 148 valence electrons. The first kappa shape index (κ1) is 18.9. The van der Waals surface area contributed by atoms with E-state index in [1.165, 1.54) is 0 Å². The van der Waals surface area contributed by atoms with Crippen LogP contribution in [0, 0.1) is 0 Å². The lowest BCUT2D eigenvalue weighted by Gasteiger charge is -2.11. The van der Waals surface area contributed by atoms with Crippen LogP contribution in [-0.4, -0.2) is 31.6 Å². The summed E-state index contributed by atoms with van der Waals surface area (Å²) in [6.45, 7) is 7.94. The van der Waals surface area contributed by atoms with Gasteiger partial charge in [0.15, 0.2) is 0 Å². The van der Waals surface area contributed by atoms with Gasteiger partial charge >= 0.3 is 6.01 Å². The Kier molecular flexibility index (Phi) is 5.16. The van der Waals surface area contributed by atoms with E-state index in [1.807, 2.05) is 52.1 Å². The van der Waals surface area contributed by atoms with Crippen molar-refractivity contribution < 1.29 is 9.47 Å². The fraction of sp³-hybridized carbons (Fsp3) is 0.261. The zero-order chi connectivity index (χ0) is 20.4. The number of rotatable bonds is 6. The molecule has 3 heterocycles. The fourth-order valence-electron chi connectivity index (χ4n) is 3.08. The largest absolute Gasteiger partial charge is 0.491 e. The van der Waals surface area contributed by atoms with Crippen LogP contribution in [-0.2, 0) is 0 Å². The number of fused-ring (bicyclic) bond motifs is 1. The van der Waals surface area contributed by atoms with Gasteiger partial charge in [0.2, 0.25) is 0 Å². The highest BCUT2D eigenvalue weighted by Crippen LogP contribution is 2.26. The molecule has 0 saturated heterocycles. The third-order valence-electron chi connectivity index (χ3n) is 4.33. The monoisotopic (exact) mass is 388 g/mol. The summed E-state index contributed by atoms with van der Waals surface area (Å²) in [6.07, 6.45) is 7.63. The highest BCUT2D eigenvalue weighted by Gasteiger charge is 2.10. The lowest BCUT2D eigenvalue weighted by Crippen LogP contribution is -2.08. The predicted molar refractivity (Wildman–Crippen MR) is 113 cm³/mol. The maximum absolute atomic E-state index is 5.73. The van der Waals surface area contributed by atoms with E-state index in [0.717, 1.165) is 33.8 Å². The van der Waals surface area contributed by atoms with Crippen molar-refractivity contribution in [2.45, 2.75) is 39.9 Å². The van der Waals surface area contributed by atoms with Gasteiger partial charge in [-0.15, -0.1) is 0 Å². The molecule has 4 aromatic rings. The number of hydrogen-bond acceptors (Lipinski definition) is 5. The maximum atomic E-state index is 5.73. The molecule has 0 saturated carbocycles. The highest BCUT2D eigenvalue weighted by molar-refractivity contribution is 5.69. The molecule has 0 radical (unpaired) electrons. The molecule has 0 aliphatic rings. The van der Waals surface area contributed by atoms with Gasteiger partial charge in [0.05, 0.1) is 24.1 Å². The van der Waals surface area contributed by atoms with Crippen LogP contribution in [0.25, 0.3) is 28.0 Å². The maximum Gasteiger partial charge on any atom is 0.316 e. The van der Waals surface area contributed by atoms with Crippen LogP contribution >= 0.6 is 0 Å². The molecule has 0 atom stereocenters. The van der Waals surface area contributed by atoms with Crippen LogP contribution in [0.5, 0.6) is 11.8 Å². The van der Waals surface area contributed by atoms with E-state index < -0.39 is 0 Å². The van der Waals surface area contributed by atoms with Gasteiger partial charge in [0.1, 0.15) is 11.4 Å². The lowest BCUT2D eigenvalue weighted by molar-refractivity contribution is 0.222. The summed E-state index contributed by atoms with van der Waals surface area (Å²) in [7, 11) is 0. The normalized spacial score (nSPS) is 11.4. The molecular weight excluding hydrogens is 364 g/mol. The van der Waals surface area contributed by atoms with Crippen LogP contribution in [0.4, 0.5) is 0 Å². The minimum Gasteiger partial charge on any atom is -0.491 e. The molecule has 0 spiro atoms. The van der Waals surface area contributed by atoms with E-state index in [0.29, 0.717) is 6.01 Å². The molecule has 0 aliphatic carbocycles. The van der Waals surface area contributed by atoms with Crippen molar-refractivity contribution in [3.8, 4) is 34.1 Å². The van der Waals surface area contributed by atoms with Crippen LogP contribution in [0.2, 0.25) is 0 Å². The first-order valence-electron chi connectivity index (χ1n) is 9.73. The zero-order valence-corrected chi connectivity index (χ0v) is 17.0. The van der Waals surface area contributed by atoms with Crippen LogP contribution < -0.4 is 9.47 Å². The van der Waals surface area contributed by atoms with Gasteiger partial charge in [0, 0.05) is 24.2 Å². The van der Waals surface area contributed by atoms with Crippen molar-refractivity contribution >= 4 is 5.65 Å². The van der Waals surface area contributed by atoms with Crippen LogP contribution in [0.1, 0.15) is 27.7 Å². The van der Waals surface area contributed by atoms with Gasteiger partial charge < -0.3 is 9.47 Å². The molecule has 0 bridgehead atoms. The number of nitrogens with zero attached hydrogens (tertiary/aromatic N) is 4. The lowest BCUT2D eigenvalue weighted by atomic mass is 10.1. The van der Waals surface area contributed by atoms with Gasteiger partial charge in [-0.3, -0.25) is 4.40 Å². The topological polar surface area (TPSA) is 61.5 Å². The summed E-state index contributed by atoms with van der Waals surface area (Å²) in [5, 5.41) is 0. The Morgan fingerprint density at radius 1 is 0.690 bits per heavy atom. The number of hydrogen-bond donors (Lipinski definition) is 0. The molecule has 0 unspecified atom stereocenters. The number of imidazole rings is 1. The van der Waals surface area contributed by atoms with E-state index in [1.54, 1.807) is 12.4 Å². The van der Waals surface area contributed by atoms with Crippen LogP contribution in [0.15, 0.2) is 61.2 Å². The average molecular weight is 388 g/mol. The van der Waals surface area contributed by atoms with Gasteiger partial charge in [-0.1, -0.05) is 12.1 Å². The Hall–Kier alpha value is -3.41. The molecule has 0 aliphatic heterocycles. The summed E-state index contributed by atoms with van der Waals surface area (Å²) in [4.78, 5) is 13.1. The summed E-state index contributed by atoms with van der Waals surface area (Å²) < 4.78 is 13.3. The molecule has 1 aromatic carbocycles. The Morgan fingerprint density at radius 3 is 2.00 bits per heavy atom. The molecule has 29 heavy (non-hydrogen) atoms. The van der Waals surface area contributed by atoms with Gasteiger partial charge in [-0.25, -0.2) is 15.0 Å². The summed E-state index contributed by atoms with van der Waals surface area (Å²) in [6, 6.07) is 12.6. The Bertz CT molecular complexity index is 1100. The summed E-state index contributed by atoms with van der Waals surface area (Å²) in [5.41, 5.74) is 4.88. The second-order valence-electron chi connectivity index (χ2n) is 7.40. The number of pyridine rings is 1. The van der Waals surface area contributed by atoms with Crippen molar-refractivity contribution in [2.24, 2.45) is 0 Å². The molecule has 0 fully saturated rings. The van der Waals surface area contributed by atoms with E-state index in [4.69, 9.17) is 9.47 Å². The quantitative estimate of drug-likeness (QED) is 0.463. The molecule has 6 nitrogen and oxygen atoms in total. The van der Waals surface area contributed by atoms with E-state index in [9.17, 15) is 0 Å². The number of aromatic nitrogens is 4. The van der Waals surface area contributed by atoms with E-state index in [2.05, 4.69) is 43.7 Å². The Balaban J connectivity index is 1.66. The average Bonchev–Trinajstić information content (AvgIpc) is 3.11. The first-order chi connectivity index (χ1) is 14.0.